The summed E-state index contributed by atoms with van der Waals surface area (Å²) >= 11 is 0. The first-order valence-electron chi connectivity index (χ1n) is 9.36. The van der Waals surface area contributed by atoms with Gasteiger partial charge in [0.25, 0.3) is 11.5 Å². The van der Waals surface area contributed by atoms with Crippen molar-refractivity contribution in [3.8, 4) is 0 Å². The van der Waals surface area contributed by atoms with Crippen LogP contribution in [0.25, 0.3) is 10.8 Å². The summed E-state index contributed by atoms with van der Waals surface area (Å²) in [6, 6.07) is 14.8. The van der Waals surface area contributed by atoms with Crippen molar-refractivity contribution in [3.63, 3.8) is 0 Å². The molecule has 1 amide bonds. The summed E-state index contributed by atoms with van der Waals surface area (Å²) in [6.07, 6.45) is 1.57. The first kappa shape index (κ1) is 18.8. The van der Waals surface area contributed by atoms with Gasteiger partial charge in [-0.15, -0.1) is 0 Å². The SMILES string of the molecule is Cn1nc(C(=O)N/N=C/c2ccc(N3CCOCC3)cc2)c2ccccc2c1=O. The molecule has 29 heavy (non-hydrogen) atoms. The minimum atomic E-state index is -0.474. The van der Waals surface area contributed by atoms with Gasteiger partial charge in [-0.3, -0.25) is 9.59 Å². The number of amides is 1. The second kappa shape index (κ2) is 8.24. The van der Waals surface area contributed by atoms with Gasteiger partial charge in [-0.05, 0) is 23.8 Å². The summed E-state index contributed by atoms with van der Waals surface area (Å²) in [5.41, 5.74) is 4.39. The number of nitrogens with one attached hydrogen (secondary N) is 1. The highest BCUT2D eigenvalue weighted by molar-refractivity contribution is 6.04. The summed E-state index contributed by atoms with van der Waals surface area (Å²) in [5.74, 6) is -0.474. The highest BCUT2D eigenvalue weighted by atomic mass is 16.5. The molecule has 0 aliphatic carbocycles. The first-order valence-corrected chi connectivity index (χ1v) is 9.36. The van der Waals surface area contributed by atoms with Crippen LogP contribution in [-0.2, 0) is 11.8 Å². The van der Waals surface area contributed by atoms with Crippen LogP contribution >= 0.6 is 0 Å². The highest BCUT2D eigenvalue weighted by Crippen LogP contribution is 2.16. The lowest BCUT2D eigenvalue weighted by Gasteiger charge is -2.28. The van der Waals surface area contributed by atoms with Crippen molar-refractivity contribution >= 4 is 28.6 Å². The number of ether oxygens (including phenoxy) is 1. The number of benzene rings is 2. The molecule has 0 spiro atoms. The quantitative estimate of drug-likeness (QED) is 0.538. The molecule has 1 aliphatic rings. The molecule has 0 unspecified atom stereocenters. The minimum absolute atomic E-state index is 0.155. The van der Waals surface area contributed by atoms with Crippen LogP contribution in [0.2, 0.25) is 0 Å². The van der Waals surface area contributed by atoms with Crippen molar-refractivity contribution in [1.29, 1.82) is 0 Å². The third kappa shape index (κ3) is 4.02. The molecule has 1 saturated heterocycles. The van der Waals surface area contributed by atoms with E-state index < -0.39 is 5.91 Å². The van der Waals surface area contributed by atoms with E-state index in [1.165, 1.54) is 7.05 Å². The molecule has 0 saturated carbocycles. The van der Waals surface area contributed by atoms with E-state index in [4.69, 9.17) is 4.74 Å². The van der Waals surface area contributed by atoms with Crippen molar-refractivity contribution in [2.45, 2.75) is 0 Å². The zero-order chi connectivity index (χ0) is 20.2. The predicted octanol–water partition coefficient (Wildman–Crippen LogP) is 1.53. The van der Waals surface area contributed by atoms with Gasteiger partial charge in [0.05, 0.1) is 24.8 Å². The number of fused-ring (bicyclic) bond motifs is 1. The summed E-state index contributed by atoms with van der Waals surface area (Å²) in [4.78, 5) is 27.0. The number of rotatable bonds is 4. The van der Waals surface area contributed by atoms with Gasteiger partial charge in [0.2, 0.25) is 0 Å². The average Bonchev–Trinajstić information content (AvgIpc) is 2.77. The summed E-state index contributed by atoms with van der Waals surface area (Å²) in [5, 5.41) is 9.07. The number of carbonyl (C=O) groups excluding carboxylic acids is 1. The van der Waals surface area contributed by atoms with Gasteiger partial charge in [-0.1, -0.05) is 30.3 Å². The van der Waals surface area contributed by atoms with E-state index in [0.717, 1.165) is 42.2 Å². The number of aromatic nitrogens is 2. The Balaban J connectivity index is 1.47. The summed E-state index contributed by atoms with van der Waals surface area (Å²) in [7, 11) is 1.52. The Kier molecular flexibility index (Phi) is 5.35. The topological polar surface area (TPSA) is 88.8 Å². The predicted molar refractivity (Wildman–Crippen MR) is 112 cm³/mol. The van der Waals surface area contributed by atoms with Crippen LogP contribution in [0.3, 0.4) is 0 Å². The van der Waals surface area contributed by atoms with Crippen molar-refractivity contribution in [3.05, 3.63) is 70.1 Å². The number of hydrogen-bond acceptors (Lipinski definition) is 6. The Bertz CT molecular complexity index is 1120. The average molecular weight is 391 g/mol. The summed E-state index contributed by atoms with van der Waals surface area (Å²) < 4.78 is 6.53. The Morgan fingerprint density at radius 3 is 2.52 bits per heavy atom. The van der Waals surface area contributed by atoms with Crippen molar-refractivity contribution in [1.82, 2.24) is 15.2 Å². The fourth-order valence-electron chi connectivity index (χ4n) is 3.28. The fraction of sp³-hybridized carbons (Fsp3) is 0.238. The maximum Gasteiger partial charge on any atom is 0.292 e. The smallest absolute Gasteiger partial charge is 0.292 e. The van der Waals surface area contributed by atoms with Crippen LogP contribution in [0.15, 0.2) is 58.4 Å². The van der Waals surface area contributed by atoms with Gasteiger partial charge in [0, 0.05) is 31.2 Å². The van der Waals surface area contributed by atoms with Crippen LogP contribution in [0, 0.1) is 0 Å². The zero-order valence-electron chi connectivity index (χ0n) is 16.0. The molecular formula is C21H21N5O3. The summed E-state index contributed by atoms with van der Waals surface area (Å²) in [6.45, 7) is 3.24. The number of hydrogen-bond donors (Lipinski definition) is 1. The molecule has 1 aromatic heterocycles. The number of morpholine rings is 1. The van der Waals surface area contributed by atoms with Crippen molar-refractivity contribution in [2.75, 3.05) is 31.2 Å². The molecule has 0 atom stereocenters. The Hall–Kier alpha value is -3.52. The second-order valence-corrected chi connectivity index (χ2v) is 6.71. The van der Waals surface area contributed by atoms with E-state index in [9.17, 15) is 9.59 Å². The lowest BCUT2D eigenvalue weighted by molar-refractivity contribution is 0.0950. The van der Waals surface area contributed by atoms with Crippen LogP contribution in [0.4, 0.5) is 5.69 Å². The van der Waals surface area contributed by atoms with E-state index in [-0.39, 0.29) is 11.3 Å². The van der Waals surface area contributed by atoms with Gasteiger partial charge in [0.15, 0.2) is 5.69 Å². The first-order chi connectivity index (χ1) is 14.1. The van der Waals surface area contributed by atoms with Gasteiger partial charge >= 0.3 is 0 Å². The minimum Gasteiger partial charge on any atom is -0.378 e. The highest BCUT2D eigenvalue weighted by Gasteiger charge is 2.15. The number of hydrazone groups is 1. The zero-order valence-corrected chi connectivity index (χ0v) is 16.0. The van der Waals surface area contributed by atoms with E-state index in [2.05, 4.69) is 20.5 Å². The lowest BCUT2D eigenvalue weighted by Crippen LogP contribution is -2.36. The van der Waals surface area contributed by atoms with Crippen molar-refractivity contribution in [2.24, 2.45) is 12.1 Å². The van der Waals surface area contributed by atoms with Crippen LogP contribution < -0.4 is 15.9 Å². The standard InChI is InChI=1S/C21H21N5O3/c1-25-21(28)18-5-3-2-4-17(18)19(24-25)20(27)23-22-14-15-6-8-16(9-7-15)26-10-12-29-13-11-26/h2-9,14H,10-13H2,1H3,(H,23,27)/b22-14+. The largest absolute Gasteiger partial charge is 0.378 e. The third-order valence-corrected chi connectivity index (χ3v) is 4.82. The Labute approximate surface area is 167 Å². The normalized spacial score (nSPS) is 14.4. The van der Waals surface area contributed by atoms with Crippen LogP contribution in [0.1, 0.15) is 16.1 Å². The van der Waals surface area contributed by atoms with Crippen molar-refractivity contribution < 1.29 is 9.53 Å². The lowest BCUT2D eigenvalue weighted by atomic mass is 10.1. The van der Waals surface area contributed by atoms with Gasteiger partial charge < -0.3 is 9.64 Å². The molecule has 1 N–H and O–H groups in total. The number of nitrogens with zero attached hydrogens (tertiary/aromatic N) is 4. The molecule has 4 rings (SSSR count). The number of carbonyl (C=O) groups is 1. The molecule has 148 valence electrons. The van der Waals surface area contributed by atoms with Crippen LogP contribution in [0.5, 0.6) is 0 Å². The molecule has 8 heteroatoms. The molecule has 2 aromatic carbocycles. The monoisotopic (exact) mass is 391 g/mol. The maximum atomic E-state index is 12.6. The molecule has 0 radical (unpaired) electrons. The molecule has 3 aromatic rings. The molecule has 2 heterocycles. The van der Waals surface area contributed by atoms with E-state index >= 15 is 0 Å². The van der Waals surface area contributed by atoms with E-state index in [1.807, 2.05) is 24.3 Å². The van der Waals surface area contributed by atoms with E-state index in [0.29, 0.717) is 10.8 Å². The molecule has 0 bridgehead atoms. The van der Waals surface area contributed by atoms with Gasteiger partial charge in [-0.25, -0.2) is 10.1 Å². The second-order valence-electron chi connectivity index (χ2n) is 6.71. The molecule has 1 aliphatic heterocycles. The van der Waals surface area contributed by atoms with Gasteiger partial charge in [0.1, 0.15) is 0 Å². The van der Waals surface area contributed by atoms with E-state index in [1.54, 1.807) is 30.5 Å². The maximum absolute atomic E-state index is 12.6. The Morgan fingerprint density at radius 1 is 1.10 bits per heavy atom. The molecule has 1 fully saturated rings. The number of aryl methyl sites for hydroxylation is 1. The molecule has 8 nitrogen and oxygen atoms in total. The number of anilines is 1. The molecular weight excluding hydrogens is 370 g/mol. The third-order valence-electron chi connectivity index (χ3n) is 4.82. The van der Waals surface area contributed by atoms with Crippen LogP contribution in [-0.4, -0.2) is 48.2 Å². The Morgan fingerprint density at radius 2 is 1.79 bits per heavy atom. The van der Waals surface area contributed by atoms with Gasteiger partial charge in [-0.2, -0.15) is 10.2 Å². The fourth-order valence-corrected chi connectivity index (χ4v) is 3.28.